The molecule has 1 aliphatic rings. The molecule has 1 fully saturated rings. The second kappa shape index (κ2) is 22.6. The van der Waals surface area contributed by atoms with Crippen molar-refractivity contribution in [2.24, 2.45) is 5.73 Å². The van der Waals surface area contributed by atoms with E-state index in [-0.39, 0.29) is 0 Å². The van der Waals surface area contributed by atoms with Gasteiger partial charge in [0.15, 0.2) is 0 Å². The van der Waals surface area contributed by atoms with Gasteiger partial charge in [-0.3, -0.25) is 0 Å². The van der Waals surface area contributed by atoms with Gasteiger partial charge in [-0.05, 0) is 71.1 Å². The number of nitrogens with two attached hydrogens (primary N) is 1. The molecule has 32 heavy (non-hydrogen) atoms. The van der Waals surface area contributed by atoms with Crippen LogP contribution in [0.15, 0.2) is 0 Å². The van der Waals surface area contributed by atoms with E-state index in [0.717, 1.165) is 32.1 Å². The largest absolute Gasteiger partial charge is 0.330 e. The molecule has 0 amide bonds. The summed E-state index contributed by atoms with van der Waals surface area (Å²) < 4.78 is 0. The molecule has 2 unspecified atom stereocenters. The molecule has 0 heterocycles. The second-order valence-corrected chi connectivity index (χ2v) is 10.3. The van der Waals surface area contributed by atoms with E-state index < -0.39 is 0 Å². The van der Waals surface area contributed by atoms with Gasteiger partial charge in [0.25, 0.3) is 0 Å². The summed E-state index contributed by atoms with van der Waals surface area (Å²) in [7, 11) is 0. The first-order valence-electron chi connectivity index (χ1n) is 14.7. The van der Waals surface area contributed by atoms with E-state index >= 15 is 0 Å². The Labute approximate surface area is 202 Å². The van der Waals surface area contributed by atoms with E-state index in [9.17, 15) is 0 Å². The van der Waals surface area contributed by atoms with Crippen LogP contribution < -0.4 is 21.7 Å². The van der Waals surface area contributed by atoms with Crippen LogP contribution in [0.5, 0.6) is 0 Å². The van der Waals surface area contributed by atoms with Gasteiger partial charge in [-0.1, -0.05) is 90.9 Å². The van der Waals surface area contributed by atoms with E-state index in [2.05, 4.69) is 29.8 Å². The third-order valence-corrected chi connectivity index (χ3v) is 7.39. The van der Waals surface area contributed by atoms with E-state index in [1.807, 2.05) is 0 Å². The van der Waals surface area contributed by atoms with Crippen LogP contribution in [0.2, 0.25) is 0 Å². The molecule has 1 rings (SSSR count). The van der Waals surface area contributed by atoms with Gasteiger partial charge in [-0.25, -0.2) is 0 Å². The maximum atomic E-state index is 5.87. The van der Waals surface area contributed by atoms with Crippen molar-refractivity contribution in [2.75, 3.05) is 26.2 Å². The van der Waals surface area contributed by atoms with Crippen LogP contribution in [0.1, 0.15) is 136 Å². The van der Waals surface area contributed by atoms with Crippen molar-refractivity contribution in [3.8, 4) is 0 Å². The monoisotopic (exact) mass is 452 g/mol. The molecule has 0 spiro atoms. The quantitative estimate of drug-likeness (QED) is 0.138. The summed E-state index contributed by atoms with van der Waals surface area (Å²) >= 11 is 0. The highest BCUT2D eigenvalue weighted by molar-refractivity contribution is 4.78. The Morgan fingerprint density at radius 3 is 1.88 bits per heavy atom. The van der Waals surface area contributed by atoms with Crippen molar-refractivity contribution in [2.45, 2.75) is 154 Å². The molecule has 0 aliphatic heterocycles. The first-order chi connectivity index (χ1) is 15.8. The zero-order chi connectivity index (χ0) is 23.1. The molecule has 0 saturated heterocycles. The standard InChI is InChI=1S/C28H60N4/c1-3-5-6-7-8-9-10-11-12-16-23-31-26(4-2)20-24-30-25-21-28(19-22-29)32-27-17-14-13-15-18-27/h26-28,30-32H,3-25,29H2,1-2H3. The highest BCUT2D eigenvalue weighted by atomic mass is 15.0. The third-order valence-electron chi connectivity index (χ3n) is 7.39. The van der Waals surface area contributed by atoms with E-state index in [1.165, 1.54) is 122 Å². The highest BCUT2D eigenvalue weighted by Crippen LogP contribution is 2.18. The summed E-state index contributed by atoms with van der Waals surface area (Å²) in [5.41, 5.74) is 5.87. The summed E-state index contributed by atoms with van der Waals surface area (Å²) in [6, 6.07) is 1.99. The minimum Gasteiger partial charge on any atom is -0.330 e. The lowest BCUT2D eigenvalue weighted by Gasteiger charge is -2.28. The fourth-order valence-electron chi connectivity index (χ4n) is 5.16. The molecule has 0 bridgehead atoms. The maximum Gasteiger partial charge on any atom is 0.00937 e. The van der Waals surface area contributed by atoms with Crippen molar-refractivity contribution in [3.63, 3.8) is 0 Å². The molecule has 0 radical (unpaired) electrons. The summed E-state index contributed by atoms with van der Waals surface area (Å²) in [4.78, 5) is 0. The molecule has 4 nitrogen and oxygen atoms in total. The Balaban J connectivity index is 1.96. The molecular formula is C28H60N4. The SMILES string of the molecule is CCCCCCCCCCCCNC(CC)CCNCCC(CCN)NC1CCCCC1. The Kier molecular flexibility index (Phi) is 21.1. The molecule has 2 atom stereocenters. The normalized spacial score (nSPS) is 17.0. The molecule has 4 heteroatoms. The Hall–Kier alpha value is -0.160. The summed E-state index contributed by atoms with van der Waals surface area (Å²) in [5.74, 6) is 0. The number of hydrogen-bond donors (Lipinski definition) is 4. The first-order valence-corrected chi connectivity index (χ1v) is 14.7. The van der Waals surface area contributed by atoms with Gasteiger partial charge in [0, 0.05) is 18.1 Å². The van der Waals surface area contributed by atoms with Crippen molar-refractivity contribution in [1.29, 1.82) is 0 Å². The number of unbranched alkanes of at least 4 members (excludes halogenated alkanes) is 9. The topological polar surface area (TPSA) is 62.1 Å². The zero-order valence-electron chi connectivity index (χ0n) is 22.1. The van der Waals surface area contributed by atoms with Gasteiger partial charge in [0.2, 0.25) is 0 Å². The van der Waals surface area contributed by atoms with Crippen molar-refractivity contribution in [1.82, 2.24) is 16.0 Å². The zero-order valence-corrected chi connectivity index (χ0v) is 22.1. The minimum atomic E-state index is 0.590. The van der Waals surface area contributed by atoms with Crippen LogP contribution >= 0.6 is 0 Å². The average Bonchev–Trinajstić information content (AvgIpc) is 2.81. The van der Waals surface area contributed by atoms with Crippen LogP contribution in [0.25, 0.3) is 0 Å². The molecular weight excluding hydrogens is 392 g/mol. The number of hydrogen-bond acceptors (Lipinski definition) is 4. The number of rotatable bonds is 23. The van der Waals surface area contributed by atoms with Crippen LogP contribution in [-0.2, 0) is 0 Å². The maximum absolute atomic E-state index is 5.87. The van der Waals surface area contributed by atoms with Gasteiger partial charge >= 0.3 is 0 Å². The van der Waals surface area contributed by atoms with Crippen LogP contribution in [0.3, 0.4) is 0 Å². The van der Waals surface area contributed by atoms with Gasteiger partial charge in [0.1, 0.15) is 0 Å². The van der Waals surface area contributed by atoms with Crippen molar-refractivity contribution < 1.29 is 0 Å². The minimum absolute atomic E-state index is 0.590. The lowest BCUT2D eigenvalue weighted by molar-refractivity contribution is 0.317. The highest BCUT2D eigenvalue weighted by Gasteiger charge is 2.17. The third kappa shape index (κ3) is 17.3. The first kappa shape index (κ1) is 29.9. The Morgan fingerprint density at radius 1 is 0.688 bits per heavy atom. The van der Waals surface area contributed by atoms with Crippen molar-refractivity contribution in [3.05, 3.63) is 0 Å². The van der Waals surface area contributed by atoms with Gasteiger partial charge in [0.05, 0.1) is 0 Å². The lowest BCUT2D eigenvalue weighted by atomic mass is 9.94. The predicted molar refractivity (Wildman–Crippen MR) is 143 cm³/mol. The van der Waals surface area contributed by atoms with Gasteiger partial charge in [-0.2, -0.15) is 0 Å². The molecule has 1 saturated carbocycles. The lowest BCUT2D eigenvalue weighted by Crippen LogP contribution is -2.42. The summed E-state index contributed by atoms with van der Waals surface area (Å²) in [5, 5.41) is 11.4. The van der Waals surface area contributed by atoms with E-state index in [1.54, 1.807) is 0 Å². The Bertz CT molecular complexity index is 370. The molecule has 1 aliphatic carbocycles. The smallest absolute Gasteiger partial charge is 0.00937 e. The van der Waals surface area contributed by atoms with Gasteiger partial charge < -0.3 is 21.7 Å². The van der Waals surface area contributed by atoms with Crippen LogP contribution in [0, 0.1) is 0 Å². The number of nitrogens with one attached hydrogen (secondary N) is 3. The van der Waals surface area contributed by atoms with Crippen molar-refractivity contribution >= 4 is 0 Å². The molecule has 0 aromatic heterocycles. The molecule has 0 aromatic rings. The summed E-state index contributed by atoms with van der Waals surface area (Å²) in [6.45, 7) is 8.84. The van der Waals surface area contributed by atoms with E-state index in [0.29, 0.717) is 12.1 Å². The van der Waals surface area contributed by atoms with Crippen LogP contribution in [-0.4, -0.2) is 44.3 Å². The summed E-state index contributed by atoms with van der Waals surface area (Å²) in [6.07, 6.45) is 25.9. The second-order valence-electron chi connectivity index (χ2n) is 10.3. The average molecular weight is 453 g/mol. The molecule has 0 aromatic carbocycles. The molecule has 192 valence electrons. The Morgan fingerprint density at radius 2 is 1.28 bits per heavy atom. The molecule has 5 N–H and O–H groups in total. The van der Waals surface area contributed by atoms with Gasteiger partial charge in [-0.15, -0.1) is 0 Å². The van der Waals surface area contributed by atoms with E-state index in [4.69, 9.17) is 5.73 Å². The fourth-order valence-corrected chi connectivity index (χ4v) is 5.16. The fraction of sp³-hybridized carbons (Fsp3) is 1.00. The predicted octanol–water partition coefficient (Wildman–Crippen LogP) is 6.29. The van der Waals surface area contributed by atoms with Crippen LogP contribution in [0.4, 0.5) is 0 Å².